The van der Waals surface area contributed by atoms with Crippen LogP contribution >= 0.6 is 0 Å². The Morgan fingerprint density at radius 2 is 1.16 bits per heavy atom. The summed E-state index contributed by atoms with van der Waals surface area (Å²) in [6.45, 7) is 0. The molecule has 32 heavy (non-hydrogen) atoms. The molecule has 5 rings (SSSR count). The van der Waals surface area contributed by atoms with E-state index in [2.05, 4.69) is 4.72 Å². The van der Waals surface area contributed by atoms with Gasteiger partial charge in [0.05, 0.1) is 11.9 Å². The average molecular weight is 452 g/mol. The highest BCUT2D eigenvalue weighted by molar-refractivity contribution is 7.92. The standard InChI is InChI=1S/C20H17NO4S.C6H12/c1-26(22,23)21-17-12-13-18-19(14-17)25-20(24-18,15-8-4-2-5-9-15)16-10-6-3-7-11-16;1-2-4-6-5-3-1/h2-14,21H,1H3;1-6H2. The van der Waals surface area contributed by atoms with Gasteiger partial charge in [-0.2, -0.15) is 0 Å². The van der Waals surface area contributed by atoms with Gasteiger partial charge >= 0.3 is 5.79 Å². The van der Waals surface area contributed by atoms with E-state index in [4.69, 9.17) is 9.47 Å². The molecule has 2 aliphatic rings. The molecular weight excluding hydrogens is 422 g/mol. The number of nitrogens with one attached hydrogen (secondary N) is 1. The maximum Gasteiger partial charge on any atom is 0.305 e. The number of benzene rings is 3. The van der Waals surface area contributed by atoms with E-state index >= 15 is 0 Å². The zero-order chi connectivity index (χ0) is 22.4. The minimum Gasteiger partial charge on any atom is -0.440 e. The van der Waals surface area contributed by atoms with Crippen LogP contribution in [0.5, 0.6) is 11.5 Å². The monoisotopic (exact) mass is 451 g/mol. The van der Waals surface area contributed by atoms with Gasteiger partial charge in [0.1, 0.15) is 0 Å². The van der Waals surface area contributed by atoms with E-state index in [1.54, 1.807) is 18.2 Å². The van der Waals surface area contributed by atoms with E-state index in [0.717, 1.165) is 17.4 Å². The molecule has 1 aliphatic carbocycles. The van der Waals surface area contributed by atoms with Crippen molar-refractivity contribution in [2.45, 2.75) is 44.3 Å². The Morgan fingerprint density at radius 3 is 1.62 bits per heavy atom. The van der Waals surface area contributed by atoms with Crippen molar-refractivity contribution < 1.29 is 17.9 Å². The van der Waals surface area contributed by atoms with E-state index in [9.17, 15) is 8.42 Å². The van der Waals surface area contributed by atoms with Crippen LogP contribution in [0.3, 0.4) is 0 Å². The highest BCUT2D eigenvalue weighted by Gasteiger charge is 2.45. The number of rotatable bonds is 4. The Hall–Kier alpha value is -2.99. The van der Waals surface area contributed by atoms with Gasteiger partial charge in [0.2, 0.25) is 10.0 Å². The molecule has 3 aromatic rings. The van der Waals surface area contributed by atoms with Crippen molar-refractivity contribution >= 4 is 15.7 Å². The maximum atomic E-state index is 11.5. The van der Waals surface area contributed by atoms with Crippen LogP contribution in [0.4, 0.5) is 5.69 Å². The SMILES string of the molecule is C1CCCCC1.CS(=O)(=O)Nc1ccc2c(c1)OC(c1ccccc1)(c1ccccc1)O2. The number of hydrogen-bond acceptors (Lipinski definition) is 4. The fourth-order valence-electron chi connectivity index (χ4n) is 4.06. The van der Waals surface area contributed by atoms with Gasteiger partial charge in [-0.05, 0) is 12.1 Å². The zero-order valence-electron chi connectivity index (χ0n) is 18.3. The van der Waals surface area contributed by atoms with Gasteiger partial charge in [-0.25, -0.2) is 8.42 Å². The lowest BCUT2D eigenvalue weighted by atomic mass is 9.97. The number of ether oxygens (including phenoxy) is 2. The third-order valence-corrected chi connectivity index (χ3v) is 6.17. The Kier molecular flexibility index (Phi) is 6.70. The summed E-state index contributed by atoms with van der Waals surface area (Å²) in [6.07, 6.45) is 10.1. The molecule has 1 saturated carbocycles. The van der Waals surface area contributed by atoms with Crippen LogP contribution in [-0.4, -0.2) is 14.7 Å². The molecule has 0 aromatic heterocycles. The minimum absolute atomic E-state index is 0.423. The molecule has 1 heterocycles. The van der Waals surface area contributed by atoms with E-state index in [1.807, 2.05) is 60.7 Å². The molecule has 1 aliphatic heterocycles. The lowest BCUT2D eigenvalue weighted by Crippen LogP contribution is -2.36. The summed E-state index contributed by atoms with van der Waals surface area (Å²) in [5, 5.41) is 0. The molecule has 0 amide bonds. The van der Waals surface area contributed by atoms with Crippen molar-refractivity contribution in [3.63, 3.8) is 0 Å². The Bertz CT molecular complexity index is 1080. The van der Waals surface area contributed by atoms with Crippen LogP contribution in [0.1, 0.15) is 49.7 Å². The largest absolute Gasteiger partial charge is 0.440 e. The first-order valence-electron chi connectivity index (χ1n) is 11.1. The Balaban J connectivity index is 0.000000354. The first-order chi connectivity index (χ1) is 15.5. The van der Waals surface area contributed by atoms with Crippen molar-refractivity contribution in [2.24, 2.45) is 0 Å². The van der Waals surface area contributed by atoms with Gasteiger partial charge in [-0.15, -0.1) is 0 Å². The Morgan fingerprint density at radius 1 is 0.688 bits per heavy atom. The van der Waals surface area contributed by atoms with Gasteiger partial charge in [0.15, 0.2) is 11.5 Å². The van der Waals surface area contributed by atoms with Crippen LogP contribution in [0.15, 0.2) is 78.9 Å². The molecule has 0 unspecified atom stereocenters. The summed E-state index contributed by atoms with van der Waals surface area (Å²) in [5.74, 6) is -0.0858. The van der Waals surface area contributed by atoms with E-state index < -0.39 is 15.8 Å². The zero-order valence-corrected chi connectivity index (χ0v) is 19.1. The van der Waals surface area contributed by atoms with Crippen LogP contribution < -0.4 is 14.2 Å². The molecule has 6 heteroatoms. The number of hydrogen-bond donors (Lipinski definition) is 1. The molecule has 5 nitrogen and oxygen atoms in total. The third-order valence-electron chi connectivity index (χ3n) is 5.56. The first-order valence-corrected chi connectivity index (χ1v) is 13.0. The van der Waals surface area contributed by atoms with Gasteiger partial charge in [0.25, 0.3) is 0 Å². The smallest absolute Gasteiger partial charge is 0.305 e. The minimum atomic E-state index is -3.37. The van der Waals surface area contributed by atoms with Crippen molar-refractivity contribution in [3.05, 3.63) is 90.0 Å². The third kappa shape index (κ3) is 5.25. The molecule has 3 aromatic carbocycles. The lowest BCUT2D eigenvalue weighted by molar-refractivity contribution is -0.0458. The molecule has 0 spiro atoms. The second-order valence-electron chi connectivity index (χ2n) is 8.21. The van der Waals surface area contributed by atoms with Crippen molar-refractivity contribution in [3.8, 4) is 11.5 Å². The average Bonchev–Trinajstić information content (AvgIpc) is 3.21. The normalized spacial score (nSPS) is 16.5. The predicted octanol–water partition coefficient (Wildman–Crippen LogP) is 6.07. The van der Waals surface area contributed by atoms with Crippen LogP contribution in [-0.2, 0) is 15.8 Å². The second-order valence-corrected chi connectivity index (χ2v) is 9.96. The number of sulfonamides is 1. The predicted molar refractivity (Wildman–Crippen MR) is 128 cm³/mol. The summed E-state index contributed by atoms with van der Waals surface area (Å²) in [4.78, 5) is 0. The summed E-state index contributed by atoms with van der Waals surface area (Å²) >= 11 is 0. The van der Waals surface area contributed by atoms with E-state index in [0.29, 0.717) is 17.2 Å². The number of fused-ring (bicyclic) bond motifs is 1. The van der Waals surface area contributed by atoms with E-state index in [1.165, 1.54) is 38.5 Å². The molecule has 1 fully saturated rings. The van der Waals surface area contributed by atoms with Gasteiger partial charge in [0, 0.05) is 17.2 Å². The summed E-state index contributed by atoms with van der Waals surface area (Å²) in [6, 6.07) is 24.3. The molecule has 1 N–H and O–H groups in total. The Labute approximate surface area is 190 Å². The van der Waals surface area contributed by atoms with Crippen molar-refractivity contribution in [1.82, 2.24) is 0 Å². The highest BCUT2D eigenvalue weighted by atomic mass is 32.2. The number of anilines is 1. The molecule has 0 bridgehead atoms. The maximum absolute atomic E-state index is 11.5. The van der Waals surface area contributed by atoms with Gasteiger partial charge in [-0.3, -0.25) is 4.72 Å². The molecule has 0 atom stereocenters. The highest BCUT2D eigenvalue weighted by Crippen LogP contribution is 2.48. The first kappa shape index (κ1) is 22.2. The summed E-state index contributed by atoms with van der Waals surface area (Å²) in [7, 11) is -3.37. The van der Waals surface area contributed by atoms with Crippen LogP contribution in [0, 0.1) is 0 Å². The topological polar surface area (TPSA) is 64.6 Å². The second kappa shape index (κ2) is 9.65. The molecule has 0 radical (unpaired) electrons. The van der Waals surface area contributed by atoms with Gasteiger partial charge in [-0.1, -0.05) is 99.2 Å². The molecule has 0 saturated heterocycles. The summed E-state index contributed by atoms with van der Waals surface area (Å²) < 4.78 is 37.9. The van der Waals surface area contributed by atoms with E-state index in [-0.39, 0.29) is 0 Å². The van der Waals surface area contributed by atoms with Crippen molar-refractivity contribution in [2.75, 3.05) is 11.0 Å². The fourth-order valence-corrected chi connectivity index (χ4v) is 4.61. The van der Waals surface area contributed by atoms with Gasteiger partial charge < -0.3 is 9.47 Å². The van der Waals surface area contributed by atoms with Crippen molar-refractivity contribution in [1.29, 1.82) is 0 Å². The molecular formula is C26H29NO4S. The molecule has 168 valence electrons. The quantitative estimate of drug-likeness (QED) is 0.523. The van der Waals surface area contributed by atoms with Crippen LogP contribution in [0.25, 0.3) is 0 Å². The summed E-state index contributed by atoms with van der Waals surface area (Å²) in [5.41, 5.74) is 2.12. The lowest BCUT2D eigenvalue weighted by Gasteiger charge is -2.28. The fraction of sp³-hybridized carbons (Fsp3) is 0.308. The van der Waals surface area contributed by atoms with Crippen LogP contribution in [0.2, 0.25) is 0 Å².